The van der Waals surface area contributed by atoms with Gasteiger partial charge in [0.1, 0.15) is 22.9 Å². The molecule has 1 aromatic heterocycles. The smallest absolute Gasteiger partial charge is 0.272 e. The Morgan fingerprint density at radius 1 is 1.20 bits per heavy atom. The van der Waals surface area contributed by atoms with Crippen molar-refractivity contribution in [3.63, 3.8) is 0 Å². The van der Waals surface area contributed by atoms with E-state index in [9.17, 15) is 9.90 Å². The predicted octanol–water partition coefficient (Wildman–Crippen LogP) is 2.97. The molecule has 6 heteroatoms. The lowest BCUT2D eigenvalue weighted by Gasteiger charge is -2.22. The number of nitrogens with one attached hydrogen (secondary N) is 1. The van der Waals surface area contributed by atoms with Gasteiger partial charge >= 0.3 is 0 Å². The first-order chi connectivity index (χ1) is 12.1. The summed E-state index contributed by atoms with van der Waals surface area (Å²) in [6.45, 7) is 0. The van der Waals surface area contributed by atoms with Crippen LogP contribution in [0.4, 0.5) is 0 Å². The van der Waals surface area contributed by atoms with Gasteiger partial charge in [-0.05, 0) is 29.8 Å². The van der Waals surface area contributed by atoms with Crippen LogP contribution >= 0.6 is 0 Å². The first-order valence-corrected chi connectivity index (χ1v) is 7.89. The zero-order chi connectivity index (χ0) is 17.6. The maximum atomic E-state index is 12.6. The van der Waals surface area contributed by atoms with E-state index in [1.54, 1.807) is 37.3 Å². The first kappa shape index (κ1) is 15.3. The van der Waals surface area contributed by atoms with Crippen LogP contribution < -0.4 is 4.74 Å². The number of para-hydroxylation sites is 1. The number of nitrogens with zero attached hydrogens (tertiary/aromatic N) is 2. The van der Waals surface area contributed by atoms with Crippen molar-refractivity contribution in [2.75, 3.05) is 14.2 Å². The third kappa shape index (κ3) is 2.26. The van der Waals surface area contributed by atoms with Gasteiger partial charge in [0.25, 0.3) is 5.91 Å². The Bertz CT molecular complexity index is 964. The van der Waals surface area contributed by atoms with Crippen LogP contribution in [-0.4, -0.2) is 40.3 Å². The largest absolute Gasteiger partial charge is 0.507 e. The summed E-state index contributed by atoms with van der Waals surface area (Å²) in [6.07, 6.45) is 0. The maximum absolute atomic E-state index is 12.6. The fourth-order valence-corrected chi connectivity index (χ4v) is 3.35. The summed E-state index contributed by atoms with van der Waals surface area (Å²) in [5.41, 5.74) is 3.32. The molecular formula is C19H17N3O3. The van der Waals surface area contributed by atoms with Crippen molar-refractivity contribution in [2.24, 2.45) is 0 Å². The number of H-pyrrole nitrogens is 1. The van der Waals surface area contributed by atoms with Crippen LogP contribution in [-0.2, 0) is 0 Å². The second-order valence-electron chi connectivity index (χ2n) is 5.97. The fraction of sp³-hybridized carbons (Fsp3) is 0.158. The lowest BCUT2D eigenvalue weighted by molar-refractivity contribution is 0.0787. The topological polar surface area (TPSA) is 78.5 Å². The number of amides is 1. The molecule has 1 unspecified atom stereocenters. The van der Waals surface area contributed by atoms with Crippen molar-refractivity contribution >= 4 is 5.91 Å². The summed E-state index contributed by atoms with van der Waals surface area (Å²) in [4.78, 5) is 14.3. The zero-order valence-electron chi connectivity index (χ0n) is 13.9. The highest BCUT2D eigenvalue weighted by Gasteiger charge is 2.40. The molecule has 0 fully saturated rings. The number of aromatic amines is 1. The summed E-state index contributed by atoms with van der Waals surface area (Å²) in [6, 6.07) is 14.3. The average molecular weight is 335 g/mol. The molecule has 1 aliphatic rings. The highest BCUT2D eigenvalue weighted by atomic mass is 16.5. The molecule has 2 heterocycles. The number of methoxy groups -OCH3 is 1. The monoisotopic (exact) mass is 335 g/mol. The molecule has 1 atom stereocenters. The minimum Gasteiger partial charge on any atom is -0.507 e. The van der Waals surface area contributed by atoms with Crippen molar-refractivity contribution in [1.29, 1.82) is 0 Å². The number of hydrogen-bond acceptors (Lipinski definition) is 4. The minimum absolute atomic E-state index is 0.128. The Morgan fingerprint density at radius 2 is 2.00 bits per heavy atom. The van der Waals surface area contributed by atoms with Gasteiger partial charge in [0, 0.05) is 18.2 Å². The number of hydrogen-bond donors (Lipinski definition) is 2. The number of carbonyl (C=O) groups excluding carboxylic acids is 1. The molecule has 25 heavy (non-hydrogen) atoms. The van der Waals surface area contributed by atoms with E-state index < -0.39 is 0 Å². The molecule has 4 rings (SSSR count). The second kappa shape index (κ2) is 5.66. The van der Waals surface area contributed by atoms with Gasteiger partial charge in [-0.2, -0.15) is 5.10 Å². The molecule has 0 saturated carbocycles. The van der Waals surface area contributed by atoms with Gasteiger partial charge in [-0.3, -0.25) is 9.89 Å². The SMILES string of the molecule is COc1cccc(C2c3c(-c4ccccc4O)n[nH]c3C(=O)N2C)c1. The van der Waals surface area contributed by atoms with Gasteiger partial charge in [-0.25, -0.2) is 0 Å². The third-order valence-corrected chi connectivity index (χ3v) is 4.57. The van der Waals surface area contributed by atoms with Crippen molar-refractivity contribution in [3.8, 4) is 22.8 Å². The van der Waals surface area contributed by atoms with E-state index in [4.69, 9.17) is 4.74 Å². The Morgan fingerprint density at radius 3 is 2.76 bits per heavy atom. The van der Waals surface area contributed by atoms with Crippen LogP contribution in [0.3, 0.4) is 0 Å². The van der Waals surface area contributed by atoms with Gasteiger partial charge in [0.05, 0.1) is 13.2 Å². The van der Waals surface area contributed by atoms with Gasteiger partial charge in [0.15, 0.2) is 0 Å². The summed E-state index contributed by atoms with van der Waals surface area (Å²) in [7, 11) is 3.37. The molecule has 0 bridgehead atoms. The Balaban J connectivity index is 1.91. The molecule has 2 aromatic carbocycles. The number of phenols is 1. The predicted molar refractivity (Wildman–Crippen MR) is 92.6 cm³/mol. The van der Waals surface area contributed by atoms with E-state index in [0.717, 1.165) is 16.9 Å². The molecule has 2 N–H and O–H groups in total. The van der Waals surface area contributed by atoms with Gasteiger partial charge in [-0.15, -0.1) is 0 Å². The number of rotatable bonds is 3. The van der Waals surface area contributed by atoms with Crippen LogP contribution in [0.25, 0.3) is 11.3 Å². The average Bonchev–Trinajstić information content (AvgIpc) is 3.15. The Kier molecular flexibility index (Phi) is 3.46. The molecule has 126 valence electrons. The minimum atomic E-state index is -0.300. The van der Waals surface area contributed by atoms with Gasteiger partial charge < -0.3 is 14.7 Å². The van der Waals surface area contributed by atoms with E-state index in [-0.39, 0.29) is 17.7 Å². The van der Waals surface area contributed by atoms with Crippen molar-refractivity contribution in [1.82, 2.24) is 15.1 Å². The van der Waals surface area contributed by atoms with Crippen LogP contribution in [0.1, 0.15) is 27.7 Å². The van der Waals surface area contributed by atoms with Crippen molar-refractivity contribution in [2.45, 2.75) is 6.04 Å². The summed E-state index contributed by atoms with van der Waals surface area (Å²) >= 11 is 0. The van der Waals surface area contributed by atoms with E-state index in [2.05, 4.69) is 10.2 Å². The van der Waals surface area contributed by atoms with E-state index in [1.165, 1.54) is 0 Å². The highest BCUT2D eigenvalue weighted by Crippen LogP contribution is 2.43. The molecule has 1 amide bonds. The van der Waals surface area contributed by atoms with Crippen LogP contribution in [0.2, 0.25) is 0 Å². The molecule has 3 aromatic rings. The number of fused-ring (bicyclic) bond motifs is 1. The van der Waals surface area contributed by atoms with Crippen molar-refractivity contribution in [3.05, 3.63) is 65.4 Å². The van der Waals surface area contributed by atoms with Crippen LogP contribution in [0.5, 0.6) is 11.5 Å². The molecule has 0 aliphatic carbocycles. The van der Waals surface area contributed by atoms with Crippen LogP contribution in [0, 0.1) is 0 Å². The summed E-state index contributed by atoms with van der Waals surface area (Å²) < 4.78 is 5.31. The normalized spacial score (nSPS) is 16.2. The number of phenolic OH excluding ortho intramolecular Hbond substituents is 1. The fourth-order valence-electron chi connectivity index (χ4n) is 3.35. The molecule has 0 radical (unpaired) electrons. The standard InChI is InChI=1S/C19H17N3O3/c1-22-18(11-6-5-7-12(10-11)25-2)15-16(20-21-17(15)19(22)24)13-8-3-4-9-14(13)23/h3-10,18,23H,1-2H3,(H,20,21). The molecule has 0 saturated heterocycles. The van der Waals surface area contributed by atoms with Crippen LogP contribution in [0.15, 0.2) is 48.5 Å². The van der Waals surface area contributed by atoms with Gasteiger partial charge in [0.2, 0.25) is 0 Å². The number of aromatic hydroxyl groups is 1. The molecular weight excluding hydrogens is 318 g/mol. The van der Waals surface area contributed by atoms with E-state index >= 15 is 0 Å². The molecule has 0 spiro atoms. The Labute approximate surface area is 144 Å². The van der Waals surface area contributed by atoms with Crippen molar-refractivity contribution < 1.29 is 14.6 Å². The number of aromatic nitrogens is 2. The lowest BCUT2D eigenvalue weighted by atomic mass is 9.96. The second-order valence-corrected chi connectivity index (χ2v) is 5.97. The summed E-state index contributed by atoms with van der Waals surface area (Å²) in [5.74, 6) is 0.722. The van der Waals surface area contributed by atoms with E-state index in [1.807, 2.05) is 30.3 Å². The lowest BCUT2D eigenvalue weighted by Crippen LogP contribution is -2.24. The third-order valence-electron chi connectivity index (χ3n) is 4.57. The van der Waals surface area contributed by atoms with E-state index in [0.29, 0.717) is 17.0 Å². The van der Waals surface area contributed by atoms with Gasteiger partial charge in [-0.1, -0.05) is 24.3 Å². The highest BCUT2D eigenvalue weighted by molar-refractivity contribution is 6.00. The number of benzene rings is 2. The first-order valence-electron chi connectivity index (χ1n) is 7.89. The number of ether oxygens (including phenoxy) is 1. The molecule has 6 nitrogen and oxygen atoms in total. The zero-order valence-corrected chi connectivity index (χ0v) is 13.9. The Hall–Kier alpha value is -3.28. The maximum Gasteiger partial charge on any atom is 0.272 e. The summed E-state index contributed by atoms with van der Waals surface area (Å²) in [5, 5.41) is 17.4. The number of carbonyl (C=O) groups is 1. The molecule has 1 aliphatic heterocycles. The quantitative estimate of drug-likeness (QED) is 0.771.